The summed E-state index contributed by atoms with van der Waals surface area (Å²) >= 11 is 0. The van der Waals surface area contributed by atoms with Gasteiger partial charge < -0.3 is 10.6 Å². The van der Waals surface area contributed by atoms with Crippen LogP contribution in [0.1, 0.15) is 60.2 Å². The number of anilines is 1. The van der Waals surface area contributed by atoms with Crippen LogP contribution in [-0.4, -0.2) is 35.0 Å². The van der Waals surface area contributed by atoms with Crippen LogP contribution in [0.2, 0.25) is 0 Å². The van der Waals surface area contributed by atoms with Crippen molar-refractivity contribution in [1.82, 2.24) is 20.3 Å². The molecule has 26 heavy (non-hydrogen) atoms. The molecule has 2 N–H and O–H groups in total. The van der Waals surface area contributed by atoms with Gasteiger partial charge in [0.1, 0.15) is 11.6 Å². The lowest BCUT2D eigenvalue weighted by molar-refractivity contribution is 0.0963. The van der Waals surface area contributed by atoms with E-state index in [1.807, 2.05) is 38.2 Å². The fourth-order valence-electron chi connectivity index (χ4n) is 2.66. The van der Waals surface area contributed by atoms with Crippen LogP contribution in [0.15, 0.2) is 30.3 Å². The smallest absolute Gasteiger partial charge is 0.251 e. The van der Waals surface area contributed by atoms with E-state index in [2.05, 4.69) is 45.5 Å². The molecule has 0 aliphatic rings. The molecule has 2 rings (SSSR count). The Morgan fingerprint density at radius 1 is 1.12 bits per heavy atom. The quantitative estimate of drug-likeness (QED) is 0.795. The third kappa shape index (κ3) is 5.12. The second-order valence-electron chi connectivity index (χ2n) is 6.34. The summed E-state index contributed by atoms with van der Waals surface area (Å²) in [6.45, 7) is 6.10. The summed E-state index contributed by atoms with van der Waals surface area (Å²) in [5.41, 5.74) is 2.99. The van der Waals surface area contributed by atoms with Gasteiger partial charge in [0.15, 0.2) is 0 Å². The van der Waals surface area contributed by atoms with Crippen LogP contribution in [0.3, 0.4) is 0 Å². The predicted octanol–water partition coefficient (Wildman–Crippen LogP) is 3.57. The first-order valence-corrected chi connectivity index (χ1v) is 8.84. The van der Waals surface area contributed by atoms with Gasteiger partial charge in [-0.3, -0.25) is 4.79 Å². The summed E-state index contributed by atoms with van der Waals surface area (Å²) < 4.78 is 0. The summed E-state index contributed by atoms with van der Waals surface area (Å²) in [4.78, 5) is 24.7. The molecule has 6 heteroatoms. The molecule has 138 valence electrons. The molecule has 0 fully saturated rings. The van der Waals surface area contributed by atoms with Crippen LogP contribution in [0.5, 0.6) is 0 Å². The molecule has 0 saturated carbocycles. The molecule has 1 amide bonds. The molecule has 0 aliphatic heterocycles. The van der Waals surface area contributed by atoms with Crippen molar-refractivity contribution in [2.45, 2.75) is 39.5 Å². The first-order chi connectivity index (χ1) is 12.4. The van der Waals surface area contributed by atoms with Crippen LogP contribution in [0, 0.1) is 6.92 Å². The van der Waals surface area contributed by atoms with Gasteiger partial charge in [-0.2, -0.15) is 9.97 Å². The molecule has 0 bridgehead atoms. The van der Waals surface area contributed by atoms with E-state index in [1.165, 1.54) is 5.57 Å². The number of aryl methyl sites for hydroxylation is 1. The van der Waals surface area contributed by atoms with Crippen molar-refractivity contribution in [2.75, 3.05) is 19.4 Å². The zero-order valence-corrected chi connectivity index (χ0v) is 16.1. The fourth-order valence-corrected chi connectivity index (χ4v) is 2.66. The molecule has 1 unspecified atom stereocenters. The molecular weight excluding hydrogens is 326 g/mol. The lowest BCUT2D eigenvalue weighted by atomic mass is 10.0. The number of allylic oxidation sites excluding steroid dienone is 2. The van der Waals surface area contributed by atoms with Crippen molar-refractivity contribution >= 4 is 17.4 Å². The molecule has 1 atom stereocenters. The standard InChI is InChI=1S/C20H27N5O/c1-13(16-9-11-17(12-10-16)19(26)21-4)7-6-8-14(2)18-23-15(3)24-20(22-5)25-18/h7,9-12,14H,6,8H2,1-5H3,(H,21,26)(H,22,23,24,25). The van der Waals surface area contributed by atoms with E-state index in [0.29, 0.717) is 11.5 Å². The highest BCUT2D eigenvalue weighted by Crippen LogP contribution is 2.21. The molecule has 0 saturated heterocycles. The molecule has 1 aromatic heterocycles. The predicted molar refractivity (Wildman–Crippen MR) is 105 cm³/mol. The van der Waals surface area contributed by atoms with Crippen LogP contribution in [0.4, 0.5) is 5.95 Å². The molecule has 0 radical (unpaired) electrons. The monoisotopic (exact) mass is 353 g/mol. The zero-order chi connectivity index (χ0) is 19.1. The van der Waals surface area contributed by atoms with Gasteiger partial charge in [0, 0.05) is 25.6 Å². The molecular formula is C20H27N5O. The van der Waals surface area contributed by atoms with Gasteiger partial charge in [-0.1, -0.05) is 25.1 Å². The highest BCUT2D eigenvalue weighted by molar-refractivity contribution is 5.94. The van der Waals surface area contributed by atoms with Gasteiger partial charge >= 0.3 is 0 Å². The Morgan fingerprint density at radius 2 is 1.77 bits per heavy atom. The van der Waals surface area contributed by atoms with Crippen LogP contribution < -0.4 is 10.6 Å². The summed E-state index contributed by atoms with van der Waals surface area (Å²) in [6.07, 6.45) is 4.11. The third-order valence-electron chi connectivity index (χ3n) is 4.31. The first kappa shape index (κ1) is 19.6. The van der Waals surface area contributed by atoms with Gasteiger partial charge in [-0.25, -0.2) is 4.98 Å². The van der Waals surface area contributed by atoms with Crippen LogP contribution in [0.25, 0.3) is 5.57 Å². The summed E-state index contributed by atoms with van der Waals surface area (Å²) in [5, 5.41) is 5.60. The Balaban J connectivity index is 1.98. The largest absolute Gasteiger partial charge is 0.357 e. The number of aromatic nitrogens is 3. The SMILES string of the molecule is CNC(=O)c1ccc(C(C)=CCCC(C)c2nc(C)nc(NC)n2)cc1. The van der Waals surface area contributed by atoms with Gasteiger partial charge in [0.25, 0.3) is 5.91 Å². The van der Waals surface area contributed by atoms with E-state index in [1.54, 1.807) is 7.05 Å². The Kier molecular flexibility index (Phi) is 6.83. The number of rotatable bonds is 7. The number of nitrogens with one attached hydrogen (secondary N) is 2. The summed E-state index contributed by atoms with van der Waals surface area (Å²) in [5.74, 6) is 2.35. The third-order valence-corrected chi connectivity index (χ3v) is 4.31. The van der Waals surface area contributed by atoms with E-state index in [0.717, 1.165) is 30.1 Å². The average molecular weight is 353 g/mol. The zero-order valence-electron chi connectivity index (χ0n) is 16.1. The second kappa shape index (κ2) is 9.08. The van der Waals surface area contributed by atoms with Gasteiger partial charge in [0.05, 0.1) is 0 Å². The Labute approximate surface area is 155 Å². The number of carbonyl (C=O) groups is 1. The number of benzene rings is 1. The Morgan fingerprint density at radius 3 is 2.38 bits per heavy atom. The number of carbonyl (C=O) groups excluding carboxylic acids is 1. The molecule has 1 aromatic carbocycles. The second-order valence-corrected chi connectivity index (χ2v) is 6.34. The van der Waals surface area contributed by atoms with Crippen molar-refractivity contribution in [1.29, 1.82) is 0 Å². The van der Waals surface area contributed by atoms with Crippen molar-refractivity contribution in [3.05, 3.63) is 53.1 Å². The number of amides is 1. The fraction of sp³-hybridized carbons (Fsp3) is 0.400. The molecule has 2 aromatic rings. The molecule has 1 heterocycles. The highest BCUT2D eigenvalue weighted by Gasteiger charge is 2.11. The number of hydrogen-bond acceptors (Lipinski definition) is 5. The summed E-state index contributed by atoms with van der Waals surface area (Å²) in [6, 6.07) is 7.66. The minimum Gasteiger partial charge on any atom is -0.357 e. The number of hydrogen-bond donors (Lipinski definition) is 2. The lowest BCUT2D eigenvalue weighted by Crippen LogP contribution is -2.17. The normalized spacial score (nSPS) is 12.6. The van der Waals surface area contributed by atoms with E-state index in [9.17, 15) is 4.79 Å². The van der Waals surface area contributed by atoms with E-state index >= 15 is 0 Å². The summed E-state index contributed by atoms with van der Waals surface area (Å²) in [7, 11) is 3.45. The maximum Gasteiger partial charge on any atom is 0.251 e. The van der Waals surface area contributed by atoms with Gasteiger partial charge in [0.2, 0.25) is 5.95 Å². The van der Waals surface area contributed by atoms with Crippen LogP contribution in [-0.2, 0) is 0 Å². The van der Waals surface area contributed by atoms with Gasteiger partial charge in [-0.05, 0) is 50.0 Å². The Hall–Kier alpha value is -2.76. The highest BCUT2D eigenvalue weighted by atomic mass is 16.1. The van der Waals surface area contributed by atoms with Crippen LogP contribution >= 0.6 is 0 Å². The van der Waals surface area contributed by atoms with Crippen molar-refractivity contribution in [2.24, 2.45) is 0 Å². The Bertz CT molecular complexity index is 783. The van der Waals surface area contributed by atoms with E-state index < -0.39 is 0 Å². The van der Waals surface area contributed by atoms with Crippen molar-refractivity contribution < 1.29 is 4.79 Å². The maximum atomic E-state index is 11.6. The topological polar surface area (TPSA) is 79.8 Å². The van der Waals surface area contributed by atoms with Crippen molar-refractivity contribution in [3.8, 4) is 0 Å². The maximum absolute atomic E-state index is 11.6. The minimum atomic E-state index is -0.0689. The van der Waals surface area contributed by atoms with E-state index in [4.69, 9.17) is 0 Å². The molecule has 0 spiro atoms. The minimum absolute atomic E-state index is 0.0689. The molecule has 6 nitrogen and oxygen atoms in total. The average Bonchev–Trinajstić information content (AvgIpc) is 2.66. The first-order valence-electron chi connectivity index (χ1n) is 8.84. The number of nitrogens with zero attached hydrogens (tertiary/aromatic N) is 3. The lowest BCUT2D eigenvalue weighted by Gasteiger charge is -2.11. The van der Waals surface area contributed by atoms with Crippen molar-refractivity contribution in [3.63, 3.8) is 0 Å². The van der Waals surface area contributed by atoms with E-state index in [-0.39, 0.29) is 11.8 Å². The molecule has 0 aliphatic carbocycles. The van der Waals surface area contributed by atoms with Gasteiger partial charge in [-0.15, -0.1) is 0 Å².